The summed E-state index contributed by atoms with van der Waals surface area (Å²) < 4.78 is 25.4. The monoisotopic (exact) mass is 274 g/mol. The Bertz CT molecular complexity index is 487. The minimum absolute atomic E-state index is 0.170. The van der Waals surface area contributed by atoms with E-state index in [0.717, 1.165) is 6.54 Å². The van der Waals surface area contributed by atoms with E-state index in [4.69, 9.17) is 11.6 Å². The lowest BCUT2D eigenvalue weighted by atomic mass is 10.3. The predicted octanol–water partition coefficient (Wildman–Crippen LogP) is 1.77. The summed E-state index contributed by atoms with van der Waals surface area (Å²) in [5.41, 5.74) is 0.674. The first-order valence-corrected chi connectivity index (χ1v) is 7.50. The molecule has 1 aliphatic heterocycles. The topological polar surface area (TPSA) is 40.6 Å². The molecule has 1 saturated heterocycles. The molecule has 0 unspecified atom stereocenters. The van der Waals surface area contributed by atoms with Crippen LogP contribution in [0.15, 0.2) is 24.3 Å². The number of rotatable bonds is 2. The van der Waals surface area contributed by atoms with Gasteiger partial charge in [-0.2, -0.15) is 0 Å². The van der Waals surface area contributed by atoms with Gasteiger partial charge in [-0.25, -0.2) is 8.42 Å². The van der Waals surface area contributed by atoms with Crippen LogP contribution in [-0.2, 0) is 10.0 Å². The van der Waals surface area contributed by atoms with Crippen molar-refractivity contribution >= 4 is 27.3 Å². The van der Waals surface area contributed by atoms with Crippen molar-refractivity contribution in [3.8, 4) is 0 Å². The Morgan fingerprint density at radius 1 is 1.29 bits per heavy atom. The quantitative estimate of drug-likeness (QED) is 0.825. The number of hydrogen-bond acceptors (Lipinski definition) is 3. The molecule has 1 aromatic carbocycles. The van der Waals surface area contributed by atoms with Crippen LogP contribution in [0.5, 0.6) is 0 Å². The van der Waals surface area contributed by atoms with Gasteiger partial charge in [0.05, 0.1) is 18.1 Å². The molecule has 0 aliphatic carbocycles. The van der Waals surface area contributed by atoms with Gasteiger partial charge in [0.15, 0.2) is 0 Å². The summed E-state index contributed by atoms with van der Waals surface area (Å²) in [5, 5.41) is 0.607. The number of halogens is 1. The third-order valence-corrected chi connectivity index (χ3v) is 4.84. The molecular weight excluding hydrogens is 260 g/mol. The van der Waals surface area contributed by atoms with Crippen LogP contribution in [0.4, 0.5) is 5.69 Å². The van der Waals surface area contributed by atoms with Crippen molar-refractivity contribution < 1.29 is 8.42 Å². The molecule has 0 N–H and O–H groups in total. The van der Waals surface area contributed by atoms with Gasteiger partial charge in [-0.15, -0.1) is 0 Å². The molecule has 1 fully saturated rings. The second-order valence-electron chi connectivity index (χ2n) is 3.99. The predicted molar refractivity (Wildman–Crippen MR) is 69.8 cm³/mol. The van der Waals surface area contributed by atoms with Crippen molar-refractivity contribution in [2.24, 2.45) is 0 Å². The van der Waals surface area contributed by atoms with Crippen LogP contribution in [0.25, 0.3) is 0 Å². The third-order valence-electron chi connectivity index (χ3n) is 2.89. The molecule has 0 aromatic heterocycles. The van der Waals surface area contributed by atoms with Crippen molar-refractivity contribution in [3.63, 3.8) is 0 Å². The van der Waals surface area contributed by atoms with Crippen molar-refractivity contribution in [2.45, 2.75) is 6.92 Å². The highest BCUT2D eigenvalue weighted by molar-refractivity contribution is 7.92. The molecule has 0 amide bonds. The lowest BCUT2D eigenvalue weighted by Gasteiger charge is -2.35. The summed E-state index contributed by atoms with van der Waals surface area (Å²) in [5.74, 6) is 0.170. The van der Waals surface area contributed by atoms with Crippen LogP contribution < -0.4 is 4.31 Å². The lowest BCUT2D eigenvalue weighted by molar-refractivity contribution is 0.303. The van der Waals surface area contributed by atoms with Gasteiger partial charge in [-0.3, -0.25) is 9.21 Å². The first-order chi connectivity index (χ1) is 8.03. The van der Waals surface area contributed by atoms with Crippen LogP contribution in [0, 0.1) is 0 Å². The smallest absolute Gasteiger partial charge is 0.237 e. The summed E-state index contributed by atoms with van der Waals surface area (Å²) in [6.07, 6.45) is 0. The highest BCUT2D eigenvalue weighted by Crippen LogP contribution is 2.23. The Labute approximate surface area is 107 Å². The van der Waals surface area contributed by atoms with Gasteiger partial charge < -0.3 is 0 Å². The van der Waals surface area contributed by atoms with Gasteiger partial charge in [0, 0.05) is 11.6 Å². The van der Waals surface area contributed by atoms with Crippen molar-refractivity contribution in [1.29, 1.82) is 0 Å². The summed E-state index contributed by atoms with van der Waals surface area (Å²) in [4.78, 5) is 2.09. The standard InChI is InChI=1S/C11H15ClN2O2S/c1-2-13-7-8-17(15,16)14(9-13)11-5-3-10(12)4-6-11/h3-6H,2,7-9H2,1H3. The van der Waals surface area contributed by atoms with E-state index >= 15 is 0 Å². The van der Waals surface area contributed by atoms with Crippen LogP contribution in [0.2, 0.25) is 5.02 Å². The van der Waals surface area contributed by atoms with Gasteiger partial charge in [0.25, 0.3) is 0 Å². The fourth-order valence-corrected chi connectivity index (χ4v) is 3.42. The molecule has 1 aromatic rings. The summed E-state index contributed by atoms with van der Waals surface area (Å²) in [6.45, 7) is 3.89. The first-order valence-electron chi connectivity index (χ1n) is 5.51. The Morgan fingerprint density at radius 2 is 1.94 bits per heavy atom. The molecule has 1 heterocycles. The van der Waals surface area contributed by atoms with Crippen LogP contribution in [0.1, 0.15) is 6.92 Å². The van der Waals surface area contributed by atoms with E-state index in [1.807, 2.05) is 6.92 Å². The van der Waals surface area contributed by atoms with Gasteiger partial charge in [0.2, 0.25) is 10.0 Å². The van der Waals surface area contributed by atoms with Crippen molar-refractivity contribution in [2.75, 3.05) is 29.8 Å². The van der Waals surface area contributed by atoms with E-state index in [-0.39, 0.29) is 5.75 Å². The van der Waals surface area contributed by atoms with E-state index in [2.05, 4.69) is 4.90 Å². The fraction of sp³-hybridized carbons (Fsp3) is 0.455. The van der Waals surface area contributed by atoms with E-state index in [1.165, 1.54) is 4.31 Å². The normalized spacial score (nSPS) is 20.5. The maximum absolute atomic E-state index is 12.0. The van der Waals surface area contributed by atoms with Crippen LogP contribution >= 0.6 is 11.6 Å². The summed E-state index contributed by atoms with van der Waals surface area (Å²) in [6, 6.07) is 6.88. The molecule has 1 aliphatic rings. The average Bonchev–Trinajstić information content (AvgIpc) is 2.30. The Morgan fingerprint density at radius 3 is 2.53 bits per heavy atom. The highest BCUT2D eigenvalue weighted by atomic mass is 35.5. The third kappa shape index (κ3) is 2.73. The zero-order valence-corrected chi connectivity index (χ0v) is 11.2. The molecule has 0 radical (unpaired) electrons. The zero-order chi connectivity index (χ0) is 12.5. The number of hydrogen-bond donors (Lipinski definition) is 0. The molecule has 17 heavy (non-hydrogen) atoms. The van der Waals surface area contributed by atoms with Gasteiger partial charge in [-0.1, -0.05) is 18.5 Å². The van der Waals surface area contributed by atoms with Crippen LogP contribution in [-0.4, -0.2) is 38.8 Å². The fourth-order valence-electron chi connectivity index (χ4n) is 1.80. The molecule has 6 heteroatoms. The van der Waals surface area contributed by atoms with E-state index < -0.39 is 10.0 Å². The minimum atomic E-state index is -3.18. The van der Waals surface area contributed by atoms with Gasteiger partial charge in [-0.05, 0) is 30.8 Å². The molecule has 0 spiro atoms. The van der Waals surface area contributed by atoms with E-state index in [0.29, 0.717) is 23.9 Å². The van der Waals surface area contributed by atoms with Crippen molar-refractivity contribution in [1.82, 2.24) is 4.90 Å². The molecule has 0 bridgehead atoms. The number of benzene rings is 1. The SMILES string of the molecule is CCN1CCS(=O)(=O)N(c2ccc(Cl)cc2)C1. The summed E-state index contributed by atoms with van der Waals surface area (Å²) >= 11 is 5.80. The molecular formula is C11H15ClN2O2S. The highest BCUT2D eigenvalue weighted by Gasteiger charge is 2.29. The number of nitrogens with zero attached hydrogens (tertiary/aromatic N) is 2. The molecule has 0 saturated carbocycles. The van der Waals surface area contributed by atoms with E-state index in [1.54, 1.807) is 24.3 Å². The molecule has 2 rings (SSSR count). The zero-order valence-electron chi connectivity index (χ0n) is 9.63. The Balaban J connectivity index is 2.30. The molecule has 0 atom stereocenters. The minimum Gasteiger partial charge on any atom is -0.284 e. The Kier molecular flexibility index (Phi) is 3.61. The largest absolute Gasteiger partial charge is 0.284 e. The van der Waals surface area contributed by atoms with Crippen LogP contribution in [0.3, 0.4) is 0 Å². The number of anilines is 1. The van der Waals surface area contributed by atoms with Gasteiger partial charge in [0.1, 0.15) is 0 Å². The number of sulfonamides is 1. The van der Waals surface area contributed by atoms with Crippen molar-refractivity contribution in [3.05, 3.63) is 29.3 Å². The molecule has 94 valence electrons. The average molecular weight is 275 g/mol. The lowest BCUT2D eigenvalue weighted by Crippen LogP contribution is -2.50. The Hall–Kier alpha value is -0.780. The molecule has 4 nitrogen and oxygen atoms in total. The van der Waals surface area contributed by atoms with E-state index in [9.17, 15) is 8.42 Å². The van der Waals surface area contributed by atoms with Gasteiger partial charge >= 0.3 is 0 Å². The summed E-state index contributed by atoms with van der Waals surface area (Å²) in [7, 11) is -3.18. The first kappa shape index (κ1) is 12.7. The maximum atomic E-state index is 12.0. The second-order valence-corrected chi connectivity index (χ2v) is 6.44. The second kappa shape index (κ2) is 4.84. The maximum Gasteiger partial charge on any atom is 0.237 e.